The number of halogens is 3. The third-order valence-corrected chi connectivity index (χ3v) is 5.41. The lowest BCUT2D eigenvalue weighted by molar-refractivity contribution is 0.180. The lowest BCUT2D eigenvalue weighted by Crippen LogP contribution is -2.44. The fraction of sp³-hybridized carbons (Fsp3) is 0.150. The maximum Gasteiger partial charge on any atom is 0.322 e. The van der Waals surface area contributed by atoms with Crippen LogP contribution in [0.3, 0.4) is 0 Å². The third-order valence-electron chi connectivity index (χ3n) is 4.67. The van der Waals surface area contributed by atoms with E-state index in [0.717, 1.165) is 5.69 Å². The molecule has 4 rings (SSSR count). The minimum atomic E-state index is -0.516. The van der Waals surface area contributed by atoms with E-state index in [2.05, 4.69) is 5.32 Å². The first kappa shape index (κ1) is 17.9. The summed E-state index contributed by atoms with van der Waals surface area (Å²) >= 11 is 12.0. The number of fused-ring (bicyclic) bond motifs is 1. The van der Waals surface area contributed by atoms with Gasteiger partial charge in [-0.15, -0.1) is 0 Å². The Kier molecular flexibility index (Phi) is 4.81. The molecule has 1 aromatic heterocycles. The maximum atomic E-state index is 14.5. The Morgan fingerprint density at radius 2 is 1.85 bits per heavy atom. The van der Waals surface area contributed by atoms with E-state index in [1.807, 2.05) is 22.9 Å². The van der Waals surface area contributed by atoms with Crippen LogP contribution in [0.15, 0.2) is 60.8 Å². The molecule has 1 atom stereocenters. The van der Waals surface area contributed by atoms with Crippen molar-refractivity contribution < 1.29 is 9.18 Å². The standard InChI is InChI=1S/C20H16Cl2FN3O/c21-15-8-7-13(12-16(15)22)24-20(27)26-11-10-25-9-3-6-18(25)19(26)14-4-1-2-5-17(14)23/h1-9,12,19H,10-11H2,(H,24,27)/t19-/m1/s1. The fourth-order valence-electron chi connectivity index (χ4n) is 3.40. The zero-order valence-corrected chi connectivity index (χ0v) is 15.7. The highest BCUT2D eigenvalue weighted by atomic mass is 35.5. The number of amides is 2. The van der Waals surface area contributed by atoms with Gasteiger partial charge in [-0.1, -0.05) is 41.4 Å². The molecule has 7 heteroatoms. The van der Waals surface area contributed by atoms with Gasteiger partial charge in [0.25, 0.3) is 0 Å². The van der Waals surface area contributed by atoms with Gasteiger partial charge in [0.2, 0.25) is 0 Å². The molecule has 1 aliphatic rings. The molecule has 0 radical (unpaired) electrons. The normalized spacial score (nSPS) is 16.1. The molecular weight excluding hydrogens is 388 g/mol. The second-order valence-electron chi connectivity index (χ2n) is 6.30. The van der Waals surface area contributed by atoms with E-state index in [4.69, 9.17) is 23.2 Å². The summed E-state index contributed by atoms with van der Waals surface area (Å²) in [6.07, 6.45) is 1.94. The van der Waals surface area contributed by atoms with E-state index in [0.29, 0.717) is 34.4 Å². The van der Waals surface area contributed by atoms with Crippen LogP contribution in [-0.2, 0) is 6.54 Å². The summed E-state index contributed by atoms with van der Waals surface area (Å²) in [6.45, 7) is 1.09. The highest BCUT2D eigenvalue weighted by Gasteiger charge is 2.33. The van der Waals surface area contributed by atoms with Gasteiger partial charge in [0.05, 0.1) is 10.0 Å². The molecule has 27 heavy (non-hydrogen) atoms. The van der Waals surface area contributed by atoms with Gasteiger partial charge in [-0.05, 0) is 36.4 Å². The Morgan fingerprint density at radius 3 is 2.63 bits per heavy atom. The van der Waals surface area contributed by atoms with Crippen molar-refractivity contribution in [3.8, 4) is 0 Å². The van der Waals surface area contributed by atoms with Crippen molar-refractivity contribution in [2.45, 2.75) is 12.6 Å². The molecule has 1 aliphatic heterocycles. The van der Waals surface area contributed by atoms with Crippen LogP contribution >= 0.6 is 23.2 Å². The molecule has 0 unspecified atom stereocenters. The quantitative estimate of drug-likeness (QED) is 0.596. The number of hydrogen-bond acceptors (Lipinski definition) is 1. The Labute approximate surface area is 166 Å². The van der Waals surface area contributed by atoms with Gasteiger partial charge in [-0.3, -0.25) is 0 Å². The van der Waals surface area contributed by atoms with Gasteiger partial charge in [0, 0.05) is 36.2 Å². The summed E-state index contributed by atoms with van der Waals surface area (Å²) in [4.78, 5) is 14.6. The van der Waals surface area contributed by atoms with Crippen molar-refractivity contribution in [3.63, 3.8) is 0 Å². The van der Waals surface area contributed by atoms with Crippen molar-refractivity contribution in [1.29, 1.82) is 0 Å². The van der Waals surface area contributed by atoms with Gasteiger partial charge in [-0.2, -0.15) is 0 Å². The van der Waals surface area contributed by atoms with Crippen LogP contribution in [-0.4, -0.2) is 22.0 Å². The first-order valence-electron chi connectivity index (χ1n) is 8.47. The number of carbonyl (C=O) groups is 1. The Morgan fingerprint density at radius 1 is 1.04 bits per heavy atom. The Hall–Kier alpha value is -2.50. The first-order valence-corrected chi connectivity index (χ1v) is 9.22. The summed E-state index contributed by atoms with van der Waals surface area (Å²) in [5, 5.41) is 3.60. The van der Waals surface area contributed by atoms with Crippen LogP contribution < -0.4 is 5.32 Å². The average molecular weight is 404 g/mol. The van der Waals surface area contributed by atoms with Crippen LogP contribution in [0.4, 0.5) is 14.9 Å². The zero-order valence-electron chi connectivity index (χ0n) is 14.2. The minimum absolute atomic E-state index is 0.325. The molecule has 2 aromatic carbocycles. The number of hydrogen-bond donors (Lipinski definition) is 1. The number of anilines is 1. The highest BCUT2D eigenvalue weighted by Crippen LogP contribution is 2.34. The maximum absolute atomic E-state index is 14.5. The number of nitrogens with one attached hydrogen (secondary N) is 1. The van der Waals surface area contributed by atoms with E-state index >= 15 is 0 Å². The molecule has 1 N–H and O–H groups in total. The minimum Gasteiger partial charge on any atom is -0.348 e. The lowest BCUT2D eigenvalue weighted by atomic mass is 9.99. The van der Waals surface area contributed by atoms with Gasteiger partial charge < -0.3 is 14.8 Å². The van der Waals surface area contributed by atoms with E-state index in [9.17, 15) is 9.18 Å². The molecule has 3 aromatic rings. The summed E-state index contributed by atoms with van der Waals surface area (Å²) in [5.41, 5.74) is 1.86. The number of rotatable bonds is 2. The Balaban J connectivity index is 1.69. The first-order chi connectivity index (χ1) is 13.0. The summed E-state index contributed by atoms with van der Waals surface area (Å²) < 4.78 is 16.6. The van der Waals surface area contributed by atoms with Crippen LogP contribution in [0.25, 0.3) is 0 Å². The molecule has 0 aliphatic carbocycles. The largest absolute Gasteiger partial charge is 0.348 e. The van der Waals surface area contributed by atoms with Crippen molar-refractivity contribution in [3.05, 3.63) is 87.9 Å². The molecule has 0 saturated heterocycles. The topological polar surface area (TPSA) is 37.3 Å². The van der Waals surface area contributed by atoms with Gasteiger partial charge in [-0.25, -0.2) is 9.18 Å². The number of benzene rings is 2. The Bertz CT molecular complexity index is 1000. The van der Waals surface area contributed by atoms with E-state index in [1.54, 1.807) is 41.3 Å². The highest BCUT2D eigenvalue weighted by molar-refractivity contribution is 6.42. The SMILES string of the molecule is O=C(Nc1ccc(Cl)c(Cl)c1)N1CCn2cccc2[C@H]1c1ccccc1F. The fourth-order valence-corrected chi connectivity index (χ4v) is 3.69. The van der Waals surface area contributed by atoms with E-state index in [1.165, 1.54) is 6.07 Å². The number of carbonyl (C=O) groups excluding carboxylic acids is 1. The monoisotopic (exact) mass is 403 g/mol. The molecule has 0 saturated carbocycles. The molecule has 0 bridgehead atoms. The van der Waals surface area contributed by atoms with E-state index in [-0.39, 0.29) is 11.8 Å². The average Bonchev–Trinajstić information content (AvgIpc) is 3.13. The second kappa shape index (κ2) is 7.25. The number of urea groups is 1. The molecule has 2 heterocycles. The van der Waals surface area contributed by atoms with Crippen LogP contribution in [0.2, 0.25) is 10.0 Å². The van der Waals surface area contributed by atoms with Crippen LogP contribution in [0, 0.1) is 5.82 Å². The lowest BCUT2D eigenvalue weighted by Gasteiger charge is -2.37. The van der Waals surface area contributed by atoms with Crippen LogP contribution in [0.5, 0.6) is 0 Å². The number of aromatic nitrogens is 1. The predicted octanol–water partition coefficient (Wildman–Crippen LogP) is 5.57. The molecule has 2 amide bonds. The third kappa shape index (κ3) is 3.40. The predicted molar refractivity (Wildman–Crippen MR) is 105 cm³/mol. The molecule has 138 valence electrons. The molecule has 0 fully saturated rings. The van der Waals surface area contributed by atoms with Crippen molar-refractivity contribution in [2.24, 2.45) is 0 Å². The van der Waals surface area contributed by atoms with Gasteiger partial charge in [0.1, 0.15) is 11.9 Å². The summed E-state index contributed by atoms with van der Waals surface area (Å²) in [7, 11) is 0. The van der Waals surface area contributed by atoms with E-state index < -0.39 is 6.04 Å². The van der Waals surface area contributed by atoms with Crippen LogP contribution in [0.1, 0.15) is 17.3 Å². The number of nitrogens with zero attached hydrogens (tertiary/aromatic N) is 2. The van der Waals surface area contributed by atoms with Crippen molar-refractivity contribution >= 4 is 34.9 Å². The molecule has 0 spiro atoms. The summed E-state index contributed by atoms with van der Waals surface area (Å²) in [5.74, 6) is -0.343. The molecular formula is C20H16Cl2FN3O. The van der Waals surface area contributed by atoms with Crippen molar-refractivity contribution in [2.75, 3.05) is 11.9 Å². The second-order valence-corrected chi connectivity index (χ2v) is 7.12. The van der Waals surface area contributed by atoms with Gasteiger partial charge >= 0.3 is 6.03 Å². The smallest absolute Gasteiger partial charge is 0.322 e. The zero-order chi connectivity index (χ0) is 19.0. The summed E-state index contributed by atoms with van der Waals surface area (Å²) in [6, 6.07) is 14.4. The molecule has 4 nitrogen and oxygen atoms in total. The van der Waals surface area contributed by atoms with Gasteiger partial charge in [0.15, 0.2) is 0 Å². The van der Waals surface area contributed by atoms with Crippen molar-refractivity contribution in [1.82, 2.24) is 9.47 Å².